The second-order valence-corrected chi connectivity index (χ2v) is 7.50. The van der Waals surface area contributed by atoms with Gasteiger partial charge in [-0.3, -0.25) is 4.98 Å². The molecule has 0 unspecified atom stereocenters. The topological polar surface area (TPSA) is 42.4 Å². The van der Waals surface area contributed by atoms with E-state index in [2.05, 4.69) is 4.98 Å². The van der Waals surface area contributed by atoms with Gasteiger partial charge in [0.2, 0.25) is 0 Å². The number of pyridine rings is 1. The SMILES string of the molecule is CC(C)(C)OC(=O)N1CCC(CSc2ccncc2)CC1. The first-order valence-electron chi connectivity index (χ1n) is 7.45. The predicted molar refractivity (Wildman–Crippen MR) is 85.5 cm³/mol. The lowest BCUT2D eigenvalue weighted by Crippen LogP contribution is -2.42. The molecule has 5 heteroatoms. The summed E-state index contributed by atoms with van der Waals surface area (Å²) < 4.78 is 5.42. The molecular weight excluding hydrogens is 284 g/mol. The molecule has 0 aromatic carbocycles. The number of carbonyl (C=O) groups excluding carboxylic acids is 1. The number of thioether (sulfide) groups is 1. The van der Waals surface area contributed by atoms with Gasteiger partial charge in [-0.05, 0) is 51.7 Å². The van der Waals surface area contributed by atoms with Gasteiger partial charge in [-0.25, -0.2) is 4.79 Å². The maximum Gasteiger partial charge on any atom is 0.410 e. The Hall–Kier alpha value is -1.23. The van der Waals surface area contributed by atoms with E-state index in [9.17, 15) is 4.79 Å². The Kier molecular flexibility index (Phi) is 5.51. The number of rotatable bonds is 3. The summed E-state index contributed by atoms with van der Waals surface area (Å²) in [5.41, 5.74) is -0.412. The van der Waals surface area contributed by atoms with Crippen molar-refractivity contribution in [3.05, 3.63) is 24.5 Å². The number of piperidine rings is 1. The molecule has 1 saturated heterocycles. The Bertz CT molecular complexity index is 451. The summed E-state index contributed by atoms with van der Waals surface area (Å²) in [6, 6.07) is 4.08. The Morgan fingerprint density at radius 3 is 2.52 bits per heavy atom. The summed E-state index contributed by atoms with van der Waals surface area (Å²) in [5.74, 6) is 1.77. The van der Waals surface area contributed by atoms with Crippen molar-refractivity contribution >= 4 is 17.9 Å². The highest BCUT2D eigenvalue weighted by molar-refractivity contribution is 7.99. The van der Waals surface area contributed by atoms with Crippen LogP contribution < -0.4 is 0 Å². The van der Waals surface area contributed by atoms with E-state index in [1.165, 1.54) is 4.90 Å². The third-order valence-electron chi connectivity index (χ3n) is 3.40. The van der Waals surface area contributed by atoms with Crippen LogP contribution in [0.15, 0.2) is 29.4 Å². The second kappa shape index (κ2) is 7.16. The molecule has 0 N–H and O–H groups in total. The summed E-state index contributed by atoms with van der Waals surface area (Å²) in [6.45, 7) is 7.32. The van der Waals surface area contributed by atoms with Gasteiger partial charge in [0.1, 0.15) is 5.60 Å². The first kappa shape index (κ1) is 16.1. The highest BCUT2D eigenvalue weighted by Gasteiger charge is 2.26. The zero-order chi connectivity index (χ0) is 15.3. The van der Waals surface area contributed by atoms with E-state index in [0.717, 1.165) is 31.7 Å². The van der Waals surface area contributed by atoms with Crippen molar-refractivity contribution in [2.24, 2.45) is 5.92 Å². The van der Waals surface area contributed by atoms with Crippen molar-refractivity contribution < 1.29 is 9.53 Å². The van der Waals surface area contributed by atoms with Gasteiger partial charge in [0.25, 0.3) is 0 Å². The molecule has 0 saturated carbocycles. The summed E-state index contributed by atoms with van der Waals surface area (Å²) in [7, 11) is 0. The minimum Gasteiger partial charge on any atom is -0.444 e. The maximum atomic E-state index is 12.0. The van der Waals surface area contributed by atoms with Crippen molar-refractivity contribution in [3.63, 3.8) is 0 Å². The minimum atomic E-state index is -0.412. The number of carbonyl (C=O) groups is 1. The van der Waals surface area contributed by atoms with Gasteiger partial charge in [-0.1, -0.05) is 0 Å². The fourth-order valence-electron chi connectivity index (χ4n) is 2.26. The van der Waals surface area contributed by atoms with Crippen molar-refractivity contribution in [1.29, 1.82) is 0 Å². The lowest BCUT2D eigenvalue weighted by Gasteiger charge is -2.33. The Morgan fingerprint density at radius 1 is 1.33 bits per heavy atom. The van der Waals surface area contributed by atoms with Gasteiger partial charge in [0.15, 0.2) is 0 Å². The van der Waals surface area contributed by atoms with Gasteiger partial charge < -0.3 is 9.64 Å². The molecule has 1 aliphatic rings. The molecular formula is C16H24N2O2S. The van der Waals surface area contributed by atoms with Crippen molar-refractivity contribution in [3.8, 4) is 0 Å². The number of hydrogen-bond acceptors (Lipinski definition) is 4. The first-order chi connectivity index (χ1) is 9.94. The molecule has 4 nitrogen and oxygen atoms in total. The van der Waals surface area contributed by atoms with Crippen LogP contribution in [0.3, 0.4) is 0 Å². The van der Waals surface area contributed by atoms with Crippen molar-refractivity contribution in [1.82, 2.24) is 9.88 Å². The van der Waals surface area contributed by atoms with E-state index < -0.39 is 5.60 Å². The Morgan fingerprint density at radius 2 is 1.95 bits per heavy atom. The number of aromatic nitrogens is 1. The molecule has 116 valence electrons. The van der Waals surface area contributed by atoms with Crippen LogP contribution in [-0.2, 0) is 4.74 Å². The fourth-order valence-corrected chi connectivity index (χ4v) is 3.33. The van der Waals surface area contributed by atoms with Crippen LogP contribution >= 0.6 is 11.8 Å². The molecule has 1 aliphatic heterocycles. The number of nitrogens with zero attached hydrogens (tertiary/aromatic N) is 2. The monoisotopic (exact) mass is 308 g/mol. The van der Waals surface area contributed by atoms with Crippen LogP contribution in [0.1, 0.15) is 33.6 Å². The van der Waals surface area contributed by atoms with Crippen LogP contribution in [0.25, 0.3) is 0 Å². The molecule has 2 rings (SSSR count). The van der Waals surface area contributed by atoms with Crippen molar-refractivity contribution in [2.45, 2.75) is 44.1 Å². The van der Waals surface area contributed by atoms with Gasteiger partial charge in [0.05, 0.1) is 0 Å². The van der Waals surface area contributed by atoms with E-state index in [0.29, 0.717) is 5.92 Å². The van der Waals surface area contributed by atoms with E-state index in [1.807, 2.05) is 62.0 Å². The summed E-state index contributed by atoms with van der Waals surface area (Å²) in [6.07, 6.45) is 5.58. The fraction of sp³-hybridized carbons (Fsp3) is 0.625. The highest BCUT2D eigenvalue weighted by Crippen LogP contribution is 2.26. The third-order valence-corrected chi connectivity index (χ3v) is 4.65. The molecule has 1 amide bonds. The largest absolute Gasteiger partial charge is 0.444 e. The van der Waals surface area contributed by atoms with E-state index >= 15 is 0 Å². The first-order valence-corrected chi connectivity index (χ1v) is 8.43. The molecule has 0 bridgehead atoms. The average Bonchev–Trinajstić information content (AvgIpc) is 2.45. The normalized spacial score (nSPS) is 16.8. The summed E-state index contributed by atoms with van der Waals surface area (Å²) in [4.78, 5) is 19.1. The lowest BCUT2D eigenvalue weighted by molar-refractivity contribution is 0.0191. The number of hydrogen-bond donors (Lipinski definition) is 0. The van der Waals surface area contributed by atoms with Crippen LogP contribution in [-0.4, -0.2) is 40.4 Å². The van der Waals surface area contributed by atoms with Crippen molar-refractivity contribution in [2.75, 3.05) is 18.8 Å². The van der Waals surface area contributed by atoms with Gasteiger partial charge in [-0.2, -0.15) is 0 Å². The van der Waals surface area contributed by atoms with Crippen LogP contribution in [0.5, 0.6) is 0 Å². The van der Waals surface area contributed by atoms with Crippen LogP contribution in [0, 0.1) is 5.92 Å². The molecule has 1 aromatic rings. The smallest absolute Gasteiger partial charge is 0.410 e. The number of likely N-dealkylation sites (tertiary alicyclic amines) is 1. The van der Waals surface area contributed by atoms with E-state index in [-0.39, 0.29) is 6.09 Å². The van der Waals surface area contributed by atoms with Gasteiger partial charge in [-0.15, -0.1) is 11.8 Å². The van der Waals surface area contributed by atoms with Gasteiger partial charge >= 0.3 is 6.09 Å². The molecule has 0 spiro atoms. The minimum absolute atomic E-state index is 0.178. The van der Waals surface area contributed by atoms with Crippen LogP contribution in [0.4, 0.5) is 4.79 Å². The summed E-state index contributed by atoms with van der Waals surface area (Å²) >= 11 is 1.87. The van der Waals surface area contributed by atoms with E-state index in [1.54, 1.807) is 0 Å². The molecule has 0 atom stereocenters. The summed E-state index contributed by atoms with van der Waals surface area (Å²) in [5, 5.41) is 0. The predicted octanol–water partition coefficient (Wildman–Crippen LogP) is 3.82. The molecule has 1 fully saturated rings. The van der Waals surface area contributed by atoms with Crippen LogP contribution in [0.2, 0.25) is 0 Å². The number of ether oxygens (including phenoxy) is 1. The average molecular weight is 308 g/mol. The zero-order valence-corrected chi connectivity index (χ0v) is 13.9. The molecule has 0 radical (unpaired) electrons. The number of amides is 1. The maximum absolute atomic E-state index is 12.0. The Labute approximate surface area is 131 Å². The Balaban J connectivity index is 1.72. The second-order valence-electron chi connectivity index (χ2n) is 6.40. The van der Waals surface area contributed by atoms with E-state index in [4.69, 9.17) is 4.74 Å². The highest BCUT2D eigenvalue weighted by atomic mass is 32.2. The third kappa shape index (κ3) is 5.58. The standard InChI is InChI=1S/C16H24N2O2S/c1-16(2,3)20-15(19)18-10-6-13(7-11-18)12-21-14-4-8-17-9-5-14/h4-5,8-9,13H,6-7,10-12H2,1-3H3. The molecule has 1 aromatic heterocycles. The zero-order valence-electron chi connectivity index (χ0n) is 13.0. The lowest BCUT2D eigenvalue weighted by atomic mass is 9.99. The quantitative estimate of drug-likeness (QED) is 0.796. The molecule has 0 aliphatic carbocycles. The molecule has 21 heavy (non-hydrogen) atoms. The molecule has 2 heterocycles. The van der Waals surface area contributed by atoms with Gasteiger partial charge in [0, 0.05) is 36.1 Å².